The van der Waals surface area contributed by atoms with Crippen LogP contribution in [0.3, 0.4) is 0 Å². The van der Waals surface area contributed by atoms with Gasteiger partial charge >= 0.3 is 0 Å². The molecule has 0 aliphatic rings. The second-order valence-electron chi connectivity index (χ2n) is 5.93. The molecule has 0 saturated carbocycles. The van der Waals surface area contributed by atoms with Crippen LogP contribution in [0.15, 0.2) is 59.0 Å². The van der Waals surface area contributed by atoms with E-state index in [4.69, 9.17) is 9.15 Å². The predicted molar refractivity (Wildman–Crippen MR) is 102 cm³/mol. The average Bonchev–Trinajstić information content (AvgIpc) is 3.16. The van der Waals surface area contributed by atoms with Crippen molar-refractivity contribution in [3.05, 3.63) is 66.1 Å². The molecule has 2 aromatic carbocycles. The topological polar surface area (TPSA) is 94.3 Å². The first-order valence-corrected chi connectivity index (χ1v) is 10.2. The molecule has 1 aromatic heterocycles. The van der Waals surface area contributed by atoms with Gasteiger partial charge in [-0.2, -0.15) is 0 Å². The van der Waals surface area contributed by atoms with E-state index in [0.29, 0.717) is 24.2 Å². The second kappa shape index (κ2) is 8.79. The van der Waals surface area contributed by atoms with E-state index in [9.17, 15) is 8.42 Å². The van der Waals surface area contributed by atoms with Crippen molar-refractivity contribution in [2.75, 3.05) is 12.9 Å². The van der Waals surface area contributed by atoms with Crippen LogP contribution in [0.25, 0.3) is 11.5 Å². The predicted octanol–water partition coefficient (Wildman–Crippen LogP) is 2.80. The number of para-hydroxylation sites is 1. The van der Waals surface area contributed by atoms with Crippen LogP contribution >= 0.6 is 0 Å². The zero-order valence-electron chi connectivity index (χ0n) is 15.0. The van der Waals surface area contributed by atoms with Gasteiger partial charge in [0.15, 0.2) is 0 Å². The lowest BCUT2D eigenvalue weighted by molar-refractivity contribution is 0.413. The summed E-state index contributed by atoms with van der Waals surface area (Å²) in [6.45, 7) is -0.0458. The summed E-state index contributed by atoms with van der Waals surface area (Å²) in [5.74, 6) is 1.12. The molecule has 0 fully saturated rings. The Hall–Kier alpha value is -2.71. The molecule has 0 saturated heterocycles. The Morgan fingerprint density at radius 1 is 1.04 bits per heavy atom. The SMILES string of the molecule is COc1ccccc1-c1nnc(CNS(=O)(=O)CCCc2ccccc2)o1. The summed E-state index contributed by atoms with van der Waals surface area (Å²) < 4.78 is 37.6. The number of nitrogens with zero attached hydrogens (tertiary/aromatic N) is 2. The van der Waals surface area contributed by atoms with Crippen molar-refractivity contribution >= 4 is 10.0 Å². The number of ether oxygens (including phenoxy) is 1. The number of aryl methyl sites for hydroxylation is 1. The minimum absolute atomic E-state index is 0.0371. The average molecular weight is 387 g/mol. The van der Waals surface area contributed by atoms with E-state index in [-0.39, 0.29) is 24.1 Å². The fourth-order valence-corrected chi connectivity index (χ4v) is 3.62. The summed E-state index contributed by atoms with van der Waals surface area (Å²) in [7, 11) is -1.87. The second-order valence-corrected chi connectivity index (χ2v) is 7.86. The minimum Gasteiger partial charge on any atom is -0.496 e. The molecule has 3 rings (SSSR count). The summed E-state index contributed by atoms with van der Waals surface area (Å²) >= 11 is 0. The Bertz CT molecular complexity index is 971. The summed E-state index contributed by atoms with van der Waals surface area (Å²) in [6.07, 6.45) is 1.25. The fourth-order valence-electron chi connectivity index (χ4n) is 2.61. The lowest BCUT2D eigenvalue weighted by Gasteiger charge is -2.05. The number of hydrogen-bond acceptors (Lipinski definition) is 6. The quantitative estimate of drug-likeness (QED) is 0.607. The van der Waals surface area contributed by atoms with Crippen molar-refractivity contribution in [2.24, 2.45) is 0 Å². The largest absolute Gasteiger partial charge is 0.496 e. The van der Waals surface area contributed by atoms with E-state index in [1.807, 2.05) is 42.5 Å². The number of nitrogens with one attached hydrogen (secondary N) is 1. The third kappa shape index (κ3) is 5.38. The number of rotatable bonds is 9. The van der Waals surface area contributed by atoms with Gasteiger partial charge in [0.25, 0.3) is 5.89 Å². The van der Waals surface area contributed by atoms with Crippen LogP contribution in [0.2, 0.25) is 0 Å². The number of sulfonamides is 1. The third-order valence-electron chi connectivity index (χ3n) is 3.97. The Labute approximate surface area is 158 Å². The summed E-state index contributed by atoms with van der Waals surface area (Å²) in [6, 6.07) is 17.0. The van der Waals surface area contributed by atoms with Gasteiger partial charge in [-0.25, -0.2) is 13.1 Å². The molecule has 8 heteroatoms. The molecule has 3 aromatic rings. The molecule has 0 aliphatic carbocycles. The molecule has 0 atom stereocenters. The third-order valence-corrected chi connectivity index (χ3v) is 5.38. The molecule has 0 aliphatic heterocycles. The van der Waals surface area contributed by atoms with E-state index in [2.05, 4.69) is 14.9 Å². The maximum atomic E-state index is 12.2. The van der Waals surface area contributed by atoms with Gasteiger partial charge in [-0.05, 0) is 30.5 Å². The van der Waals surface area contributed by atoms with Crippen molar-refractivity contribution in [1.29, 1.82) is 0 Å². The highest BCUT2D eigenvalue weighted by Crippen LogP contribution is 2.28. The number of methoxy groups -OCH3 is 1. The van der Waals surface area contributed by atoms with Crippen LogP contribution < -0.4 is 9.46 Å². The van der Waals surface area contributed by atoms with Gasteiger partial charge in [0.05, 0.1) is 25.0 Å². The fraction of sp³-hybridized carbons (Fsp3) is 0.263. The first-order valence-electron chi connectivity index (χ1n) is 8.54. The maximum absolute atomic E-state index is 12.2. The number of hydrogen-bond donors (Lipinski definition) is 1. The zero-order valence-corrected chi connectivity index (χ0v) is 15.8. The van der Waals surface area contributed by atoms with E-state index in [1.165, 1.54) is 0 Å². The van der Waals surface area contributed by atoms with Crippen molar-refractivity contribution < 1.29 is 17.6 Å². The standard InChI is InChI=1S/C19H21N3O4S/c1-25-17-12-6-5-11-16(17)19-22-21-18(26-19)14-20-27(23,24)13-7-10-15-8-3-2-4-9-15/h2-6,8-9,11-12,20H,7,10,13-14H2,1H3. The van der Waals surface area contributed by atoms with E-state index in [0.717, 1.165) is 5.56 Å². The monoisotopic (exact) mass is 387 g/mol. The molecule has 0 amide bonds. The van der Waals surface area contributed by atoms with Gasteiger partial charge in [0.2, 0.25) is 15.9 Å². The van der Waals surface area contributed by atoms with E-state index >= 15 is 0 Å². The molecule has 27 heavy (non-hydrogen) atoms. The maximum Gasteiger partial charge on any atom is 0.251 e. The molecule has 0 spiro atoms. The summed E-state index contributed by atoms with van der Waals surface area (Å²) in [5.41, 5.74) is 1.77. The van der Waals surface area contributed by atoms with Crippen LogP contribution in [-0.4, -0.2) is 31.5 Å². The molecule has 1 heterocycles. The highest BCUT2D eigenvalue weighted by Gasteiger charge is 2.15. The van der Waals surface area contributed by atoms with Crippen LogP contribution in [0.4, 0.5) is 0 Å². The van der Waals surface area contributed by atoms with Crippen LogP contribution in [-0.2, 0) is 23.0 Å². The number of aromatic nitrogens is 2. The molecule has 142 valence electrons. The Balaban J connectivity index is 1.54. The van der Waals surface area contributed by atoms with Gasteiger partial charge in [-0.3, -0.25) is 0 Å². The first kappa shape index (κ1) is 19.1. The van der Waals surface area contributed by atoms with Gasteiger partial charge in [0, 0.05) is 0 Å². The highest BCUT2D eigenvalue weighted by atomic mass is 32.2. The van der Waals surface area contributed by atoms with Crippen molar-refractivity contribution in [1.82, 2.24) is 14.9 Å². The van der Waals surface area contributed by atoms with Crippen molar-refractivity contribution in [3.8, 4) is 17.2 Å². The first-order chi connectivity index (χ1) is 13.1. The molecule has 1 N–H and O–H groups in total. The van der Waals surface area contributed by atoms with Crippen LogP contribution in [0.5, 0.6) is 5.75 Å². The highest BCUT2D eigenvalue weighted by molar-refractivity contribution is 7.89. The molecule has 0 unspecified atom stereocenters. The lowest BCUT2D eigenvalue weighted by atomic mass is 10.1. The zero-order chi connectivity index (χ0) is 19.1. The number of benzene rings is 2. The smallest absolute Gasteiger partial charge is 0.251 e. The Morgan fingerprint density at radius 2 is 1.78 bits per heavy atom. The van der Waals surface area contributed by atoms with Gasteiger partial charge < -0.3 is 9.15 Å². The van der Waals surface area contributed by atoms with Gasteiger partial charge in [-0.1, -0.05) is 42.5 Å². The summed E-state index contributed by atoms with van der Waals surface area (Å²) in [5, 5.41) is 7.87. The van der Waals surface area contributed by atoms with Crippen molar-refractivity contribution in [2.45, 2.75) is 19.4 Å². The van der Waals surface area contributed by atoms with Crippen LogP contribution in [0.1, 0.15) is 17.9 Å². The molecule has 0 bridgehead atoms. The van der Waals surface area contributed by atoms with Gasteiger partial charge in [-0.15, -0.1) is 10.2 Å². The van der Waals surface area contributed by atoms with Crippen LogP contribution in [0, 0.1) is 0 Å². The van der Waals surface area contributed by atoms with E-state index in [1.54, 1.807) is 19.2 Å². The van der Waals surface area contributed by atoms with Gasteiger partial charge in [0.1, 0.15) is 5.75 Å². The lowest BCUT2D eigenvalue weighted by Crippen LogP contribution is -2.26. The normalized spacial score (nSPS) is 11.4. The van der Waals surface area contributed by atoms with Crippen molar-refractivity contribution in [3.63, 3.8) is 0 Å². The molecule has 0 radical (unpaired) electrons. The Morgan fingerprint density at radius 3 is 2.56 bits per heavy atom. The molecule has 7 nitrogen and oxygen atoms in total. The molecular weight excluding hydrogens is 366 g/mol. The minimum atomic E-state index is -3.42. The molecular formula is C19H21N3O4S. The Kier molecular flexibility index (Phi) is 6.20. The van der Waals surface area contributed by atoms with E-state index < -0.39 is 10.0 Å². The summed E-state index contributed by atoms with van der Waals surface area (Å²) in [4.78, 5) is 0.